The van der Waals surface area contributed by atoms with Crippen molar-refractivity contribution in [3.63, 3.8) is 0 Å². The number of anilines is 2. The Hall–Kier alpha value is -2.86. The number of hydrogen-bond acceptors (Lipinski definition) is 4. The van der Waals surface area contributed by atoms with Crippen molar-refractivity contribution in [1.82, 2.24) is 0 Å². The molecule has 0 aromatic heterocycles. The summed E-state index contributed by atoms with van der Waals surface area (Å²) in [6.45, 7) is 1.15. The summed E-state index contributed by atoms with van der Waals surface area (Å²) < 4.78 is 5.23. The first-order valence-electron chi connectivity index (χ1n) is 9.17. The molecule has 0 aliphatic carbocycles. The number of carbonyl (C=O) groups excluding carboxylic acids is 2. The van der Waals surface area contributed by atoms with Crippen molar-refractivity contribution in [3.8, 4) is 5.75 Å². The van der Waals surface area contributed by atoms with E-state index in [9.17, 15) is 9.59 Å². The molecule has 0 bridgehead atoms. The summed E-state index contributed by atoms with van der Waals surface area (Å²) in [7, 11) is 1.61. The summed E-state index contributed by atoms with van der Waals surface area (Å²) in [4.78, 5) is 26.6. The van der Waals surface area contributed by atoms with E-state index in [0.29, 0.717) is 38.0 Å². The Morgan fingerprint density at radius 3 is 2.85 bits per heavy atom. The fourth-order valence-electron chi connectivity index (χ4n) is 3.25. The van der Waals surface area contributed by atoms with E-state index in [1.807, 2.05) is 42.5 Å². The number of nitrogens with one attached hydrogen (secondary N) is 1. The first-order valence-corrected chi connectivity index (χ1v) is 9.17. The fraction of sp³-hybridized carbons (Fsp3) is 0.333. The van der Waals surface area contributed by atoms with Gasteiger partial charge in [-0.2, -0.15) is 0 Å². The Morgan fingerprint density at radius 2 is 2.07 bits per heavy atom. The van der Waals surface area contributed by atoms with Crippen molar-refractivity contribution in [2.24, 2.45) is 5.73 Å². The summed E-state index contributed by atoms with van der Waals surface area (Å²) >= 11 is 0. The van der Waals surface area contributed by atoms with E-state index in [1.54, 1.807) is 12.0 Å². The first-order chi connectivity index (χ1) is 13.1. The lowest BCUT2D eigenvalue weighted by molar-refractivity contribution is -0.118. The molecule has 2 aromatic carbocycles. The third kappa shape index (κ3) is 4.65. The van der Waals surface area contributed by atoms with Crippen LogP contribution in [0.1, 0.15) is 24.0 Å². The molecule has 6 heteroatoms. The highest BCUT2D eigenvalue weighted by atomic mass is 16.5. The van der Waals surface area contributed by atoms with E-state index in [1.165, 1.54) is 0 Å². The van der Waals surface area contributed by atoms with Crippen molar-refractivity contribution in [3.05, 3.63) is 53.6 Å². The van der Waals surface area contributed by atoms with Crippen LogP contribution in [0.2, 0.25) is 0 Å². The lowest BCUT2D eigenvalue weighted by Crippen LogP contribution is -2.30. The van der Waals surface area contributed by atoms with E-state index in [2.05, 4.69) is 5.32 Å². The number of rotatable bonds is 7. The van der Waals surface area contributed by atoms with E-state index in [4.69, 9.17) is 10.5 Å². The minimum atomic E-state index is -0.0624. The summed E-state index contributed by atoms with van der Waals surface area (Å²) in [5.41, 5.74) is 9.06. The summed E-state index contributed by atoms with van der Waals surface area (Å²) in [5.74, 6) is 0.714. The van der Waals surface area contributed by atoms with Gasteiger partial charge in [0.1, 0.15) is 5.75 Å². The van der Waals surface area contributed by atoms with Crippen molar-refractivity contribution in [1.29, 1.82) is 0 Å². The molecule has 0 saturated heterocycles. The third-order valence-corrected chi connectivity index (χ3v) is 4.66. The molecule has 0 radical (unpaired) electrons. The number of methoxy groups -OCH3 is 1. The minimum Gasteiger partial charge on any atom is -0.497 e. The third-order valence-electron chi connectivity index (χ3n) is 4.66. The van der Waals surface area contributed by atoms with Gasteiger partial charge in [0.25, 0.3) is 0 Å². The maximum Gasteiger partial charge on any atom is 0.231 e. The van der Waals surface area contributed by atoms with E-state index < -0.39 is 0 Å². The molecule has 0 atom stereocenters. The largest absolute Gasteiger partial charge is 0.497 e. The number of nitrogens with two attached hydrogens (primary N) is 1. The van der Waals surface area contributed by atoms with Crippen LogP contribution in [-0.2, 0) is 22.4 Å². The summed E-state index contributed by atoms with van der Waals surface area (Å²) in [5, 5.41) is 2.88. The monoisotopic (exact) mass is 367 g/mol. The van der Waals surface area contributed by atoms with Crippen LogP contribution in [-0.4, -0.2) is 32.0 Å². The van der Waals surface area contributed by atoms with Crippen molar-refractivity contribution in [2.75, 3.05) is 30.4 Å². The molecule has 1 heterocycles. The van der Waals surface area contributed by atoms with Crippen LogP contribution in [0.3, 0.4) is 0 Å². The van der Waals surface area contributed by atoms with Gasteiger partial charge in [-0.15, -0.1) is 0 Å². The van der Waals surface area contributed by atoms with Crippen LogP contribution in [0.4, 0.5) is 11.4 Å². The molecule has 1 aliphatic heterocycles. The number of hydrogen-bond donors (Lipinski definition) is 2. The number of amides is 2. The number of fused-ring (bicyclic) bond motifs is 1. The Kier molecular flexibility index (Phi) is 6.08. The zero-order chi connectivity index (χ0) is 19.2. The normalized spacial score (nSPS) is 12.6. The molecule has 142 valence electrons. The highest BCUT2D eigenvalue weighted by Crippen LogP contribution is 2.31. The van der Waals surface area contributed by atoms with Crippen LogP contribution < -0.4 is 20.7 Å². The maximum absolute atomic E-state index is 12.8. The number of nitrogens with zero attached hydrogens (tertiary/aromatic N) is 1. The van der Waals surface area contributed by atoms with Gasteiger partial charge in [-0.1, -0.05) is 18.2 Å². The second-order valence-corrected chi connectivity index (χ2v) is 6.61. The van der Waals surface area contributed by atoms with Gasteiger partial charge in [-0.3, -0.25) is 9.59 Å². The number of ether oxygens (including phenoxy) is 1. The predicted molar refractivity (Wildman–Crippen MR) is 106 cm³/mol. The Balaban J connectivity index is 1.71. The van der Waals surface area contributed by atoms with Crippen molar-refractivity contribution in [2.45, 2.75) is 25.7 Å². The van der Waals surface area contributed by atoms with Gasteiger partial charge in [-0.05, 0) is 54.8 Å². The lowest BCUT2D eigenvalue weighted by atomic mass is 10.1. The SMILES string of the molecule is COc1cccc(CC(=O)N2CCc3ccc(NC(=O)CCCN)cc32)c1. The Labute approximate surface area is 159 Å². The average Bonchev–Trinajstić information content (AvgIpc) is 3.10. The van der Waals surface area contributed by atoms with Crippen LogP contribution in [0.15, 0.2) is 42.5 Å². The van der Waals surface area contributed by atoms with Crippen molar-refractivity contribution >= 4 is 23.2 Å². The Morgan fingerprint density at radius 1 is 1.22 bits per heavy atom. The van der Waals surface area contributed by atoms with Crippen molar-refractivity contribution < 1.29 is 14.3 Å². The van der Waals surface area contributed by atoms with Gasteiger partial charge in [0.2, 0.25) is 11.8 Å². The van der Waals surface area contributed by atoms with E-state index in [0.717, 1.165) is 29.0 Å². The van der Waals surface area contributed by atoms with Crippen LogP contribution >= 0.6 is 0 Å². The van der Waals surface area contributed by atoms with E-state index >= 15 is 0 Å². The van der Waals surface area contributed by atoms with Gasteiger partial charge in [0, 0.05) is 24.3 Å². The molecule has 0 fully saturated rings. The topological polar surface area (TPSA) is 84.7 Å². The fourth-order valence-corrected chi connectivity index (χ4v) is 3.25. The number of carbonyl (C=O) groups is 2. The highest BCUT2D eigenvalue weighted by molar-refractivity contribution is 5.98. The van der Waals surface area contributed by atoms with Gasteiger partial charge in [0.15, 0.2) is 0 Å². The smallest absolute Gasteiger partial charge is 0.231 e. The first kappa shape index (κ1) is 18.9. The van der Waals surface area contributed by atoms with E-state index in [-0.39, 0.29) is 11.8 Å². The average molecular weight is 367 g/mol. The van der Waals surface area contributed by atoms with Gasteiger partial charge in [-0.25, -0.2) is 0 Å². The molecule has 3 rings (SSSR count). The molecule has 0 spiro atoms. The summed E-state index contributed by atoms with van der Waals surface area (Å²) in [6.07, 6.45) is 2.18. The lowest BCUT2D eigenvalue weighted by Gasteiger charge is -2.18. The maximum atomic E-state index is 12.8. The minimum absolute atomic E-state index is 0.0358. The van der Waals surface area contributed by atoms with Crippen LogP contribution in [0, 0.1) is 0 Å². The number of benzene rings is 2. The van der Waals surface area contributed by atoms with Crippen LogP contribution in [0.5, 0.6) is 5.75 Å². The quantitative estimate of drug-likeness (QED) is 0.787. The molecular weight excluding hydrogens is 342 g/mol. The zero-order valence-electron chi connectivity index (χ0n) is 15.5. The molecule has 2 aromatic rings. The van der Waals surface area contributed by atoms with Gasteiger partial charge >= 0.3 is 0 Å². The molecule has 2 amide bonds. The zero-order valence-corrected chi connectivity index (χ0v) is 15.5. The second kappa shape index (κ2) is 8.68. The molecule has 1 aliphatic rings. The molecule has 3 N–H and O–H groups in total. The van der Waals surface area contributed by atoms with Crippen LogP contribution in [0.25, 0.3) is 0 Å². The molecule has 0 unspecified atom stereocenters. The van der Waals surface area contributed by atoms with Gasteiger partial charge in [0.05, 0.1) is 13.5 Å². The highest BCUT2D eigenvalue weighted by Gasteiger charge is 2.25. The Bertz CT molecular complexity index is 835. The predicted octanol–water partition coefficient (Wildman–Crippen LogP) is 2.50. The molecule has 0 saturated carbocycles. The standard InChI is InChI=1S/C21H25N3O3/c1-27-18-5-2-4-15(12-18)13-21(26)24-11-9-16-7-8-17(14-19(16)24)23-20(25)6-3-10-22/h2,4-5,7-8,12,14H,3,6,9-11,13,22H2,1H3,(H,23,25). The van der Waals surface area contributed by atoms with Gasteiger partial charge < -0.3 is 20.7 Å². The molecule has 27 heavy (non-hydrogen) atoms. The summed E-state index contributed by atoms with van der Waals surface area (Å²) in [6, 6.07) is 13.3. The molecular formula is C21H25N3O3. The molecule has 6 nitrogen and oxygen atoms in total. The second-order valence-electron chi connectivity index (χ2n) is 6.61.